The van der Waals surface area contributed by atoms with Crippen molar-refractivity contribution in [1.29, 1.82) is 0 Å². The number of carbonyl (C=O) groups is 2. The van der Waals surface area contributed by atoms with Gasteiger partial charge in [0.1, 0.15) is 17.2 Å². The highest BCUT2D eigenvalue weighted by molar-refractivity contribution is 7.17. The number of phenols is 1. The maximum atomic E-state index is 12.7. The number of nitrogens with zero attached hydrogens (tertiary/aromatic N) is 4. The molecule has 3 N–H and O–H groups in total. The van der Waals surface area contributed by atoms with Crippen LogP contribution in [0.5, 0.6) is 5.75 Å². The van der Waals surface area contributed by atoms with Gasteiger partial charge in [-0.1, -0.05) is 17.4 Å². The number of carbonyl (C=O) groups excluding carboxylic acids is 2. The Bertz CT molecular complexity index is 1130. The van der Waals surface area contributed by atoms with E-state index < -0.39 is 0 Å². The molecular weight excluding hydrogens is 428 g/mol. The van der Waals surface area contributed by atoms with Crippen LogP contribution in [0, 0.1) is 13.8 Å². The van der Waals surface area contributed by atoms with Gasteiger partial charge in [-0.15, -0.1) is 0 Å². The molecule has 0 atom stereocenters. The number of aromatic hydroxyl groups is 1. The summed E-state index contributed by atoms with van der Waals surface area (Å²) in [4.78, 5) is 31.6. The summed E-state index contributed by atoms with van der Waals surface area (Å²) in [7, 11) is 0. The molecule has 1 aromatic carbocycles. The molecule has 0 saturated carbocycles. The molecule has 1 fully saturated rings. The number of hydrogen-bond acceptors (Lipinski definition) is 7. The van der Waals surface area contributed by atoms with Gasteiger partial charge in [0.25, 0.3) is 5.91 Å². The van der Waals surface area contributed by atoms with Gasteiger partial charge in [0.2, 0.25) is 5.91 Å². The molecule has 2 amide bonds. The van der Waals surface area contributed by atoms with E-state index in [0.717, 1.165) is 31.5 Å². The van der Waals surface area contributed by atoms with Gasteiger partial charge in [-0.3, -0.25) is 14.3 Å². The molecule has 0 bridgehead atoms. The molecule has 0 radical (unpaired) electrons. The van der Waals surface area contributed by atoms with E-state index in [1.165, 1.54) is 24.0 Å². The number of piperidine rings is 1. The Morgan fingerprint density at radius 2 is 1.94 bits per heavy atom. The first-order valence-electron chi connectivity index (χ1n) is 10.6. The zero-order valence-corrected chi connectivity index (χ0v) is 18.9. The molecule has 168 valence electrons. The molecule has 1 saturated heterocycles. The second kappa shape index (κ2) is 9.39. The summed E-state index contributed by atoms with van der Waals surface area (Å²) in [6.07, 6.45) is 6.54. The van der Waals surface area contributed by atoms with E-state index in [2.05, 4.69) is 20.7 Å². The van der Waals surface area contributed by atoms with Crippen molar-refractivity contribution in [3.63, 3.8) is 0 Å². The monoisotopic (exact) mass is 454 g/mol. The van der Waals surface area contributed by atoms with Gasteiger partial charge in [0.15, 0.2) is 10.9 Å². The molecule has 32 heavy (non-hydrogen) atoms. The molecule has 10 heteroatoms. The van der Waals surface area contributed by atoms with Gasteiger partial charge in [-0.2, -0.15) is 5.10 Å². The number of aromatic nitrogens is 3. The Morgan fingerprint density at radius 1 is 1.16 bits per heavy atom. The fourth-order valence-corrected chi connectivity index (χ4v) is 4.37. The molecule has 1 aliphatic rings. The number of nitrogens with one attached hydrogen (secondary N) is 2. The van der Waals surface area contributed by atoms with Crippen LogP contribution in [0.1, 0.15) is 40.1 Å². The van der Waals surface area contributed by atoms with Gasteiger partial charge in [-0.25, -0.2) is 4.98 Å². The van der Waals surface area contributed by atoms with Crippen LogP contribution in [0.4, 0.5) is 16.6 Å². The number of thiazole rings is 1. The summed E-state index contributed by atoms with van der Waals surface area (Å²) in [5, 5.41) is 20.7. The average Bonchev–Trinajstić information content (AvgIpc) is 3.44. The first kappa shape index (κ1) is 21.8. The van der Waals surface area contributed by atoms with Crippen LogP contribution in [-0.4, -0.2) is 49.7 Å². The number of rotatable bonds is 6. The predicted molar refractivity (Wildman–Crippen MR) is 124 cm³/mol. The van der Waals surface area contributed by atoms with Crippen molar-refractivity contribution in [2.45, 2.75) is 39.7 Å². The topological polar surface area (TPSA) is 112 Å². The maximum absolute atomic E-state index is 12.7. The fraction of sp³-hybridized carbons (Fsp3) is 0.364. The van der Waals surface area contributed by atoms with Crippen molar-refractivity contribution < 1.29 is 14.7 Å². The number of phenolic OH excluding ortho intramolecular Hbond substituents is 1. The van der Waals surface area contributed by atoms with Crippen molar-refractivity contribution in [1.82, 2.24) is 19.7 Å². The lowest BCUT2D eigenvalue weighted by Gasteiger charge is -2.26. The molecule has 3 aromatic rings. The highest BCUT2D eigenvalue weighted by atomic mass is 32.1. The minimum Gasteiger partial charge on any atom is -0.508 e. The standard InChI is InChI=1S/C22H26N6O3S/c1-14-6-7-16(29)15(2)20(14)25-21(31)17-12-23-22(32-17)24-18-8-11-28(26-18)13-19(30)27-9-4-3-5-10-27/h6-8,11-12,29H,3-5,9-10,13H2,1-2H3,(H,25,31)(H,23,24,26). The third kappa shape index (κ3) is 4.91. The molecule has 4 rings (SSSR count). The summed E-state index contributed by atoms with van der Waals surface area (Å²) < 4.78 is 1.61. The predicted octanol–water partition coefficient (Wildman–Crippen LogP) is 3.67. The van der Waals surface area contributed by atoms with Crippen molar-refractivity contribution in [2.75, 3.05) is 23.7 Å². The van der Waals surface area contributed by atoms with E-state index in [1.54, 1.807) is 36.0 Å². The fourth-order valence-electron chi connectivity index (χ4n) is 3.65. The number of anilines is 3. The summed E-state index contributed by atoms with van der Waals surface area (Å²) in [5.41, 5.74) is 2.07. The Morgan fingerprint density at radius 3 is 2.72 bits per heavy atom. The van der Waals surface area contributed by atoms with E-state index in [0.29, 0.717) is 27.1 Å². The number of hydrogen-bond donors (Lipinski definition) is 3. The Hall–Kier alpha value is -3.40. The van der Waals surface area contributed by atoms with E-state index in [1.807, 2.05) is 11.8 Å². The molecule has 9 nitrogen and oxygen atoms in total. The van der Waals surface area contributed by atoms with E-state index in [-0.39, 0.29) is 24.1 Å². The van der Waals surface area contributed by atoms with Crippen molar-refractivity contribution in [3.8, 4) is 5.75 Å². The van der Waals surface area contributed by atoms with Crippen molar-refractivity contribution in [3.05, 3.63) is 46.6 Å². The lowest BCUT2D eigenvalue weighted by molar-refractivity contribution is -0.132. The second-order valence-corrected chi connectivity index (χ2v) is 8.88. The largest absolute Gasteiger partial charge is 0.508 e. The van der Waals surface area contributed by atoms with Crippen LogP contribution in [0.15, 0.2) is 30.6 Å². The zero-order chi connectivity index (χ0) is 22.7. The highest BCUT2D eigenvalue weighted by Gasteiger charge is 2.18. The zero-order valence-electron chi connectivity index (χ0n) is 18.1. The van der Waals surface area contributed by atoms with Gasteiger partial charge in [0, 0.05) is 30.9 Å². The van der Waals surface area contributed by atoms with Gasteiger partial charge >= 0.3 is 0 Å². The second-order valence-electron chi connectivity index (χ2n) is 7.85. The van der Waals surface area contributed by atoms with Crippen molar-refractivity contribution in [2.24, 2.45) is 0 Å². The van der Waals surface area contributed by atoms with E-state index >= 15 is 0 Å². The molecule has 0 unspecified atom stereocenters. The van der Waals surface area contributed by atoms with Crippen LogP contribution in [0.25, 0.3) is 0 Å². The van der Waals surface area contributed by atoms with Crippen LogP contribution >= 0.6 is 11.3 Å². The SMILES string of the molecule is Cc1ccc(O)c(C)c1NC(=O)c1cnc(Nc2ccn(CC(=O)N3CCCCC3)n2)s1. The summed E-state index contributed by atoms with van der Waals surface area (Å²) in [6, 6.07) is 5.13. The lowest BCUT2D eigenvalue weighted by atomic mass is 10.1. The summed E-state index contributed by atoms with van der Waals surface area (Å²) in [5.74, 6) is 0.458. The third-order valence-electron chi connectivity index (χ3n) is 5.49. The minimum atomic E-state index is -0.301. The Balaban J connectivity index is 1.37. The lowest BCUT2D eigenvalue weighted by Crippen LogP contribution is -2.37. The molecule has 0 aliphatic carbocycles. The minimum absolute atomic E-state index is 0.0742. The smallest absolute Gasteiger partial charge is 0.267 e. The van der Waals surface area contributed by atoms with Crippen molar-refractivity contribution >= 4 is 39.8 Å². The van der Waals surface area contributed by atoms with Crippen LogP contribution in [0.3, 0.4) is 0 Å². The van der Waals surface area contributed by atoms with Gasteiger partial charge < -0.3 is 20.6 Å². The van der Waals surface area contributed by atoms with Crippen LogP contribution in [0.2, 0.25) is 0 Å². The molecule has 2 aromatic heterocycles. The molecule has 0 spiro atoms. The maximum Gasteiger partial charge on any atom is 0.267 e. The Kier molecular flexibility index (Phi) is 6.40. The number of amides is 2. The number of likely N-dealkylation sites (tertiary alicyclic amines) is 1. The van der Waals surface area contributed by atoms with E-state index in [4.69, 9.17) is 0 Å². The quantitative estimate of drug-likeness (QED) is 0.524. The third-order valence-corrected chi connectivity index (χ3v) is 6.41. The van der Waals surface area contributed by atoms with Gasteiger partial charge in [-0.05, 0) is 44.7 Å². The first-order chi connectivity index (χ1) is 15.4. The number of aryl methyl sites for hydroxylation is 1. The molecule has 1 aliphatic heterocycles. The Labute approximate surface area is 190 Å². The number of benzene rings is 1. The first-order valence-corrected chi connectivity index (χ1v) is 11.4. The van der Waals surface area contributed by atoms with Gasteiger partial charge in [0.05, 0.1) is 11.9 Å². The average molecular weight is 455 g/mol. The molecule has 3 heterocycles. The normalized spacial score (nSPS) is 13.8. The van der Waals surface area contributed by atoms with Crippen LogP contribution < -0.4 is 10.6 Å². The van der Waals surface area contributed by atoms with Crippen LogP contribution in [-0.2, 0) is 11.3 Å². The molecular formula is C22H26N6O3S. The summed E-state index contributed by atoms with van der Waals surface area (Å²) in [6.45, 7) is 5.46. The van der Waals surface area contributed by atoms with E-state index in [9.17, 15) is 14.7 Å². The highest BCUT2D eigenvalue weighted by Crippen LogP contribution is 2.29. The summed E-state index contributed by atoms with van der Waals surface area (Å²) >= 11 is 1.20.